The maximum atomic E-state index is 14.0. The Bertz CT molecular complexity index is 577. The van der Waals surface area contributed by atoms with E-state index in [1.807, 2.05) is 13.8 Å². The van der Waals surface area contributed by atoms with Crippen molar-refractivity contribution in [2.24, 2.45) is 5.92 Å². The highest BCUT2D eigenvalue weighted by Gasteiger charge is 2.42. The fourth-order valence-corrected chi connectivity index (χ4v) is 2.42. The van der Waals surface area contributed by atoms with Gasteiger partial charge >= 0.3 is 0 Å². The van der Waals surface area contributed by atoms with Crippen molar-refractivity contribution in [2.75, 3.05) is 4.90 Å². The van der Waals surface area contributed by atoms with E-state index in [9.17, 15) is 18.4 Å². The Hall–Kier alpha value is -1.98. The number of anilines is 1. The number of halogens is 2. The van der Waals surface area contributed by atoms with Crippen LogP contribution in [0.2, 0.25) is 0 Å². The number of nitrogens with one attached hydrogen (secondary N) is 1. The van der Waals surface area contributed by atoms with Crippen LogP contribution in [0.5, 0.6) is 0 Å². The van der Waals surface area contributed by atoms with E-state index in [2.05, 4.69) is 5.32 Å². The third-order valence-corrected chi connectivity index (χ3v) is 3.97. The summed E-state index contributed by atoms with van der Waals surface area (Å²) in [6.45, 7) is 5.22. The average molecular weight is 296 g/mol. The number of carbonyl (C=O) groups excluding carboxylic acids is 2. The van der Waals surface area contributed by atoms with Crippen molar-refractivity contribution in [1.82, 2.24) is 5.32 Å². The lowest BCUT2D eigenvalue weighted by atomic mass is 9.94. The Labute approximate surface area is 122 Å². The number of amides is 2. The minimum atomic E-state index is -1.12. The summed E-state index contributed by atoms with van der Waals surface area (Å²) in [6.07, 6.45) is 0.685. The molecule has 1 aliphatic rings. The van der Waals surface area contributed by atoms with Crippen molar-refractivity contribution in [1.29, 1.82) is 0 Å². The van der Waals surface area contributed by atoms with E-state index in [0.717, 1.165) is 11.0 Å². The zero-order valence-corrected chi connectivity index (χ0v) is 12.2. The topological polar surface area (TPSA) is 49.4 Å². The first-order chi connectivity index (χ1) is 9.88. The van der Waals surface area contributed by atoms with Crippen molar-refractivity contribution in [3.63, 3.8) is 0 Å². The molecular formula is C15H18F2N2O2. The first kappa shape index (κ1) is 15.4. The van der Waals surface area contributed by atoms with Gasteiger partial charge in [0.05, 0.1) is 5.69 Å². The van der Waals surface area contributed by atoms with Crippen LogP contribution in [0.3, 0.4) is 0 Å². The number of hydrogen-bond acceptors (Lipinski definition) is 2. The van der Waals surface area contributed by atoms with Gasteiger partial charge in [0.15, 0.2) is 11.6 Å². The summed E-state index contributed by atoms with van der Waals surface area (Å²) in [5.41, 5.74) is -0.198. The molecular weight excluding hydrogens is 278 g/mol. The molecule has 2 rings (SSSR count). The van der Waals surface area contributed by atoms with Crippen molar-refractivity contribution in [3.8, 4) is 0 Å². The van der Waals surface area contributed by atoms with E-state index in [0.29, 0.717) is 6.42 Å². The molecule has 1 N–H and O–H groups in total. The lowest BCUT2D eigenvalue weighted by Gasteiger charge is -2.39. The van der Waals surface area contributed by atoms with Crippen LogP contribution >= 0.6 is 0 Å². The SMILES string of the molecule is CCC(C)C1NC(=O)C(C)N(c2cccc(F)c2F)C1=O. The molecule has 3 unspecified atom stereocenters. The monoisotopic (exact) mass is 296 g/mol. The van der Waals surface area contributed by atoms with Crippen LogP contribution in [0.15, 0.2) is 18.2 Å². The lowest BCUT2D eigenvalue weighted by Crippen LogP contribution is -2.64. The third kappa shape index (κ3) is 2.62. The second-order valence-corrected chi connectivity index (χ2v) is 5.33. The highest BCUT2D eigenvalue weighted by atomic mass is 19.2. The van der Waals surface area contributed by atoms with Gasteiger partial charge in [0, 0.05) is 0 Å². The number of carbonyl (C=O) groups is 2. The average Bonchev–Trinajstić information content (AvgIpc) is 2.46. The molecule has 114 valence electrons. The molecule has 0 bridgehead atoms. The molecule has 1 aromatic carbocycles. The molecule has 1 fully saturated rings. The quantitative estimate of drug-likeness (QED) is 0.930. The fraction of sp³-hybridized carbons (Fsp3) is 0.467. The molecule has 0 spiro atoms. The Morgan fingerprint density at radius 2 is 2.00 bits per heavy atom. The summed E-state index contributed by atoms with van der Waals surface area (Å²) < 4.78 is 27.4. The van der Waals surface area contributed by atoms with E-state index in [1.165, 1.54) is 19.1 Å². The van der Waals surface area contributed by atoms with E-state index < -0.39 is 29.6 Å². The van der Waals surface area contributed by atoms with Crippen LogP contribution in [-0.2, 0) is 9.59 Å². The lowest BCUT2D eigenvalue weighted by molar-refractivity contribution is -0.134. The van der Waals surface area contributed by atoms with Crippen molar-refractivity contribution in [3.05, 3.63) is 29.8 Å². The molecule has 1 aliphatic heterocycles. The second kappa shape index (κ2) is 5.79. The number of piperazine rings is 1. The van der Waals surface area contributed by atoms with Gasteiger partial charge in [-0.25, -0.2) is 8.78 Å². The molecule has 0 aliphatic carbocycles. The fourth-order valence-electron chi connectivity index (χ4n) is 2.42. The van der Waals surface area contributed by atoms with Crippen LogP contribution in [-0.4, -0.2) is 23.9 Å². The Kier molecular flexibility index (Phi) is 4.25. The van der Waals surface area contributed by atoms with Gasteiger partial charge in [-0.1, -0.05) is 26.3 Å². The highest BCUT2D eigenvalue weighted by Crippen LogP contribution is 2.28. The van der Waals surface area contributed by atoms with Gasteiger partial charge in [0.25, 0.3) is 5.91 Å². The first-order valence-electron chi connectivity index (χ1n) is 6.96. The zero-order chi connectivity index (χ0) is 15.7. The number of nitrogens with zero attached hydrogens (tertiary/aromatic N) is 1. The smallest absolute Gasteiger partial charge is 0.250 e. The molecule has 0 saturated carbocycles. The predicted octanol–water partition coefficient (Wildman–Crippen LogP) is 2.23. The number of rotatable bonds is 3. The number of hydrogen-bond donors (Lipinski definition) is 1. The van der Waals surface area contributed by atoms with Crippen LogP contribution in [0.1, 0.15) is 27.2 Å². The first-order valence-corrected chi connectivity index (χ1v) is 6.96. The van der Waals surface area contributed by atoms with E-state index in [1.54, 1.807) is 0 Å². The van der Waals surface area contributed by atoms with Gasteiger partial charge in [-0.05, 0) is 25.0 Å². The zero-order valence-electron chi connectivity index (χ0n) is 12.2. The van der Waals surface area contributed by atoms with Crippen LogP contribution in [0.25, 0.3) is 0 Å². The van der Waals surface area contributed by atoms with Crippen molar-refractivity contribution < 1.29 is 18.4 Å². The van der Waals surface area contributed by atoms with Crippen molar-refractivity contribution >= 4 is 17.5 Å². The Morgan fingerprint density at radius 1 is 1.33 bits per heavy atom. The van der Waals surface area contributed by atoms with Gasteiger partial charge in [0.2, 0.25) is 5.91 Å². The predicted molar refractivity (Wildman–Crippen MR) is 74.7 cm³/mol. The Balaban J connectivity index is 2.46. The summed E-state index contributed by atoms with van der Waals surface area (Å²) in [5.74, 6) is -3.04. The second-order valence-electron chi connectivity index (χ2n) is 5.33. The highest BCUT2D eigenvalue weighted by molar-refractivity contribution is 6.08. The van der Waals surface area contributed by atoms with Crippen LogP contribution in [0, 0.1) is 17.6 Å². The van der Waals surface area contributed by atoms with E-state index >= 15 is 0 Å². The maximum absolute atomic E-state index is 14.0. The van der Waals surface area contributed by atoms with E-state index in [4.69, 9.17) is 0 Å². The van der Waals surface area contributed by atoms with Gasteiger partial charge in [-0.3, -0.25) is 14.5 Å². The molecule has 1 heterocycles. The van der Waals surface area contributed by atoms with E-state index in [-0.39, 0.29) is 17.5 Å². The molecule has 1 aromatic rings. The van der Waals surface area contributed by atoms with Gasteiger partial charge in [0.1, 0.15) is 12.1 Å². The molecule has 2 amide bonds. The molecule has 0 aromatic heterocycles. The Morgan fingerprint density at radius 3 is 2.62 bits per heavy atom. The van der Waals surface area contributed by atoms with Gasteiger partial charge in [-0.2, -0.15) is 0 Å². The molecule has 6 heteroatoms. The molecule has 3 atom stereocenters. The summed E-state index contributed by atoms with van der Waals surface area (Å²) in [7, 11) is 0. The minimum absolute atomic E-state index is 0.0897. The van der Waals surface area contributed by atoms with Gasteiger partial charge in [-0.15, -0.1) is 0 Å². The molecule has 21 heavy (non-hydrogen) atoms. The maximum Gasteiger partial charge on any atom is 0.250 e. The van der Waals surface area contributed by atoms with Crippen molar-refractivity contribution in [2.45, 2.75) is 39.3 Å². The molecule has 4 nitrogen and oxygen atoms in total. The van der Waals surface area contributed by atoms with Crippen LogP contribution in [0.4, 0.5) is 14.5 Å². The summed E-state index contributed by atoms with van der Waals surface area (Å²) >= 11 is 0. The number of benzene rings is 1. The summed E-state index contributed by atoms with van der Waals surface area (Å²) in [6, 6.07) is 2.00. The van der Waals surface area contributed by atoms with Crippen LogP contribution < -0.4 is 10.2 Å². The largest absolute Gasteiger partial charge is 0.342 e. The van der Waals surface area contributed by atoms with Gasteiger partial charge < -0.3 is 5.32 Å². The molecule has 0 radical (unpaired) electrons. The summed E-state index contributed by atoms with van der Waals surface area (Å²) in [5, 5.41) is 2.65. The third-order valence-electron chi connectivity index (χ3n) is 3.97. The summed E-state index contributed by atoms with van der Waals surface area (Å²) in [4.78, 5) is 25.6. The normalized spacial score (nSPS) is 24.0. The molecule has 1 saturated heterocycles. The minimum Gasteiger partial charge on any atom is -0.342 e. The standard InChI is InChI=1S/C15H18F2N2O2/c1-4-8(2)13-15(21)19(9(3)14(20)18-13)11-7-5-6-10(16)12(11)17/h5-9,13H,4H2,1-3H3,(H,18,20).